The maximum atomic E-state index is 11.8. The summed E-state index contributed by atoms with van der Waals surface area (Å²) in [6, 6.07) is 0.356. The zero-order valence-corrected chi connectivity index (χ0v) is 7.79. The van der Waals surface area contributed by atoms with Gasteiger partial charge in [-0.05, 0) is 32.0 Å². The Morgan fingerprint density at radius 3 is 2.58 bits per heavy atom. The van der Waals surface area contributed by atoms with Crippen LogP contribution >= 0.6 is 0 Å². The quantitative estimate of drug-likeness (QED) is 0.635. The van der Waals surface area contributed by atoms with Crippen molar-refractivity contribution in [2.24, 2.45) is 0 Å². The van der Waals surface area contributed by atoms with Gasteiger partial charge in [-0.2, -0.15) is 4.94 Å². The standard InChI is InChI=1S/C8H16FNO2/c1-6-4-7(10(2)3)5-8(11-6)12-9/h6-8H,4-5H2,1-3H3/t6-,7+,8+/m1/s1. The lowest BCUT2D eigenvalue weighted by Gasteiger charge is -2.34. The summed E-state index contributed by atoms with van der Waals surface area (Å²) in [5.74, 6) is 0. The molecule has 0 bridgehead atoms. The smallest absolute Gasteiger partial charge is 0.198 e. The van der Waals surface area contributed by atoms with E-state index in [9.17, 15) is 4.53 Å². The van der Waals surface area contributed by atoms with Crippen molar-refractivity contribution >= 4 is 0 Å². The average molecular weight is 177 g/mol. The fourth-order valence-electron chi connectivity index (χ4n) is 1.55. The fourth-order valence-corrected chi connectivity index (χ4v) is 1.55. The molecule has 72 valence electrons. The summed E-state index contributed by atoms with van der Waals surface area (Å²) in [7, 11) is 3.97. The van der Waals surface area contributed by atoms with Gasteiger partial charge in [0, 0.05) is 12.5 Å². The SMILES string of the molecule is C[C@@H]1C[C@H](N(C)C)C[C@H](OF)O1. The van der Waals surface area contributed by atoms with Crippen molar-refractivity contribution in [3.05, 3.63) is 0 Å². The Balaban J connectivity index is 2.45. The molecular formula is C8H16FNO2. The number of ether oxygens (including phenoxy) is 1. The Labute approximate surface area is 72.3 Å². The Bertz CT molecular complexity index is 143. The summed E-state index contributed by atoms with van der Waals surface area (Å²) in [5, 5.41) is 0. The van der Waals surface area contributed by atoms with Gasteiger partial charge in [0.05, 0.1) is 6.10 Å². The number of hydrogen-bond acceptors (Lipinski definition) is 3. The second-order valence-electron chi connectivity index (χ2n) is 3.55. The molecule has 3 atom stereocenters. The Hall–Kier alpha value is -0.190. The highest BCUT2D eigenvalue weighted by Crippen LogP contribution is 2.22. The van der Waals surface area contributed by atoms with Crippen LogP contribution in [-0.4, -0.2) is 37.4 Å². The maximum Gasteiger partial charge on any atom is 0.198 e. The molecule has 0 unspecified atom stereocenters. The molecular weight excluding hydrogens is 161 g/mol. The first-order valence-electron chi connectivity index (χ1n) is 4.22. The van der Waals surface area contributed by atoms with Crippen LogP contribution in [0.5, 0.6) is 0 Å². The van der Waals surface area contributed by atoms with Crippen LogP contribution in [-0.2, 0) is 9.68 Å². The molecule has 0 radical (unpaired) electrons. The third-order valence-corrected chi connectivity index (χ3v) is 2.28. The van der Waals surface area contributed by atoms with Crippen LogP contribution in [0.25, 0.3) is 0 Å². The van der Waals surface area contributed by atoms with Gasteiger partial charge in [0.1, 0.15) is 0 Å². The van der Waals surface area contributed by atoms with Gasteiger partial charge >= 0.3 is 0 Å². The minimum Gasteiger partial charge on any atom is -0.346 e. The Morgan fingerprint density at radius 2 is 2.08 bits per heavy atom. The molecule has 0 saturated carbocycles. The molecule has 0 aliphatic carbocycles. The largest absolute Gasteiger partial charge is 0.346 e. The predicted molar refractivity (Wildman–Crippen MR) is 43.2 cm³/mol. The van der Waals surface area contributed by atoms with Crippen molar-refractivity contribution < 1.29 is 14.2 Å². The first kappa shape index (κ1) is 9.89. The van der Waals surface area contributed by atoms with Crippen LogP contribution in [0, 0.1) is 0 Å². The molecule has 0 spiro atoms. The molecule has 0 amide bonds. The van der Waals surface area contributed by atoms with Crippen molar-refractivity contribution in [2.75, 3.05) is 14.1 Å². The van der Waals surface area contributed by atoms with Gasteiger partial charge in [-0.25, -0.2) is 0 Å². The average Bonchev–Trinajstić information content (AvgIpc) is 2.03. The van der Waals surface area contributed by atoms with Gasteiger partial charge in [-0.15, -0.1) is 0 Å². The Kier molecular flexibility index (Phi) is 3.43. The minimum atomic E-state index is -0.679. The predicted octanol–water partition coefficient (Wildman–Crippen LogP) is 1.34. The molecule has 12 heavy (non-hydrogen) atoms. The zero-order valence-electron chi connectivity index (χ0n) is 7.79. The van der Waals surface area contributed by atoms with E-state index < -0.39 is 6.29 Å². The molecule has 4 heteroatoms. The lowest BCUT2D eigenvalue weighted by Crippen LogP contribution is -2.41. The van der Waals surface area contributed by atoms with E-state index >= 15 is 0 Å². The highest BCUT2D eigenvalue weighted by atomic mass is 19.3. The third kappa shape index (κ3) is 2.40. The van der Waals surface area contributed by atoms with Gasteiger partial charge in [0.25, 0.3) is 0 Å². The number of nitrogens with zero attached hydrogens (tertiary/aromatic N) is 1. The maximum absolute atomic E-state index is 11.8. The molecule has 1 aliphatic heterocycles. The summed E-state index contributed by atoms with van der Waals surface area (Å²) in [4.78, 5) is 5.77. The van der Waals surface area contributed by atoms with Gasteiger partial charge in [-0.1, -0.05) is 0 Å². The highest BCUT2D eigenvalue weighted by Gasteiger charge is 2.29. The molecule has 1 saturated heterocycles. The van der Waals surface area contributed by atoms with Gasteiger partial charge < -0.3 is 9.64 Å². The molecule has 1 heterocycles. The van der Waals surface area contributed by atoms with E-state index in [0.29, 0.717) is 12.5 Å². The molecule has 1 rings (SSSR count). The zero-order chi connectivity index (χ0) is 9.14. The molecule has 0 N–H and O–H groups in total. The molecule has 3 nitrogen and oxygen atoms in total. The Morgan fingerprint density at radius 1 is 1.42 bits per heavy atom. The van der Waals surface area contributed by atoms with Crippen molar-refractivity contribution in [3.8, 4) is 0 Å². The summed E-state index contributed by atoms with van der Waals surface area (Å²) in [6.45, 7) is 1.93. The summed E-state index contributed by atoms with van der Waals surface area (Å²) < 4.78 is 17.0. The lowest BCUT2D eigenvalue weighted by atomic mass is 10.0. The lowest BCUT2D eigenvalue weighted by molar-refractivity contribution is -0.304. The van der Waals surface area contributed by atoms with E-state index in [1.165, 1.54) is 0 Å². The second-order valence-corrected chi connectivity index (χ2v) is 3.55. The summed E-state index contributed by atoms with van der Waals surface area (Å²) >= 11 is 0. The minimum absolute atomic E-state index is 0.0758. The van der Waals surface area contributed by atoms with Gasteiger partial charge in [0.2, 0.25) is 0 Å². The van der Waals surface area contributed by atoms with Gasteiger partial charge in [-0.3, -0.25) is 0 Å². The van der Waals surface area contributed by atoms with Crippen molar-refractivity contribution in [2.45, 2.75) is 38.2 Å². The normalized spacial score (nSPS) is 37.2. The van der Waals surface area contributed by atoms with E-state index in [4.69, 9.17) is 4.74 Å². The van der Waals surface area contributed by atoms with Gasteiger partial charge in [0.15, 0.2) is 6.29 Å². The molecule has 0 aromatic heterocycles. The van der Waals surface area contributed by atoms with E-state index in [1.54, 1.807) is 0 Å². The first-order valence-corrected chi connectivity index (χ1v) is 4.22. The van der Waals surface area contributed by atoms with E-state index in [1.807, 2.05) is 21.0 Å². The summed E-state index contributed by atoms with van der Waals surface area (Å²) in [6.07, 6.45) is 0.939. The van der Waals surface area contributed by atoms with Crippen molar-refractivity contribution in [3.63, 3.8) is 0 Å². The molecule has 1 fully saturated rings. The van der Waals surface area contributed by atoms with Crippen LogP contribution in [0.3, 0.4) is 0 Å². The van der Waals surface area contributed by atoms with Crippen LogP contribution in [0.4, 0.5) is 4.53 Å². The van der Waals surface area contributed by atoms with Crippen molar-refractivity contribution in [1.82, 2.24) is 4.90 Å². The second kappa shape index (κ2) is 4.16. The number of halogens is 1. The monoisotopic (exact) mass is 177 g/mol. The van der Waals surface area contributed by atoms with Crippen LogP contribution < -0.4 is 0 Å². The van der Waals surface area contributed by atoms with Crippen LogP contribution in [0.1, 0.15) is 19.8 Å². The fraction of sp³-hybridized carbons (Fsp3) is 1.00. The number of rotatable bonds is 2. The highest BCUT2D eigenvalue weighted by molar-refractivity contribution is 4.76. The summed E-state index contributed by atoms with van der Waals surface area (Å²) in [5.41, 5.74) is 0. The van der Waals surface area contributed by atoms with E-state index in [2.05, 4.69) is 9.84 Å². The molecule has 1 aliphatic rings. The number of hydrogen-bond donors (Lipinski definition) is 0. The topological polar surface area (TPSA) is 21.7 Å². The van der Waals surface area contributed by atoms with Crippen LogP contribution in [0.15, 0.2) is 0 Å². The van der Waals surface area contributed by atoms with E-state index in [-0.39, 0.29) is 6.10 Å². The van der Waals surface area contributed by atoms with E-state index in [0.717, 1.165) is 6.42 Å². The van der Waals surface area contributed by atoms with Crippen LogP contribution in [0.2, 0.25) is 0 Å². The third-order valence-electron chi connectivity index (χ3n) is 2.28. The first-order chi connectivity index (χ1) is 5.63. The molecule has 0 aromatic carbocycles. The van der Waals surface area contributed by atoms with Crippen molar-refractivity contribution in [1.29, 1.82) is 0 Å². The molecule has 0 aromatic rings.